The highest BCUT2D eigenvalue weighted by Crippen LogP contribution is 2.57. The van der Waals surface area contributed by atoms with E-state index in [1.54, 1.807) is 7.11 Å². The van der Waals surface area contributed by atoms with Crippen LogP contribution in [-0.4, -0.2) is 25.4 Å². The number of hydrogen-bond acceptors (Lipinski definition) is 4. The van der Waals surface area contributed by atoms with Gasteiger partial charge in [-0.3, -0.25) is 0 Å². The molecule has 0 aromatic heterocycles. The molecule has 0 atom stereocenters. The molecule has 0 radical (unpaired) electrons. The van der Waals surface area contributed by atoms with Crippen LogP contribution in [0.3, 0.4) is 0 Å². The SMILES string of the molecule is COc1c(Br)cc2c(c1C1(O)CC1)OCCCO2. The van der Waals surface area contributed by atoms with Crippen molar-refractivity contribution in [2.75, 3.05) is 20.3 Å². The Balaban J connectivity index is 2.21. The Bertz CT molecular complexity index is 482. The molecule has 98 valence electrons. The van der Waals surface area contributed by atoms with Crippen LogP contribution in [0.5, 0.6) is 17.2 Å². The summed E-state index contributed by atoms with van der Waals surface area (Å²) in [5.74, 6) is 1.95. The van der Waals surface area contributed by atoms with Crippen LogP contribution in [0, 0.1) is 0 Å². The second kappa shape index (κ2) is 4.31. The van der Waals surface area contributed by atoms with E-state index in [1.807, 2.05) is 6.07 Å². The molecule has 0 amide bonds. The molecule has 1 heterocycles. The Morgan fingerprint density at radius 1 is 1.33 bits per heavy atom. The zero-order chi connectivity index (χ0) is 12.8. The highest BCUT2D eigenvalue weighted by atomic mass is 79.9. The van der Waals surface area contributed by atoms with Crippen molar-refractivity contribution in [2.45, 2.75) is 24.9 Å². The van der Waals surface area contributed by atoms with Gasteiger partial charge in [0.1, 0.15) is 5.75 Å². The van der Waals surface area contributed by atoms with Crippen molar-refractivity contribution < 1.29 is 19.3 Å². The van der Waals surface area contributed by atoms with Crippen molar-refractivity contribution in [2.24, 2.45) is 0 Å². The molecule has 0 unspecified atom stereocenters. The molecule has 0 bridgehead atoms. The topological polar surface area (TPSA) is 47.9 Å². The van der Waals surface area contributed by atoms with Crippen LogP contribution in [-0.2, 0) is 5.60 Å². The van der Waals surface area contributed by atoms with Gasteiger partial charge in [-0.05, 0) is 28.8 Å². The monoisotopic (exact) mass is 314 g/mol. The maximum atomic E-state index is 10.4. The van der Waals surface area contributed by atoms with E-state index < -0.39 is 5.60 Å². The summed E-state index contributed by atoms with van der Waals surface area (Å²) in [6, 6.07) is 1.84. The first-order valence-corrected chi connectivity index (χ1v) is 6.84. The van der Waals surface area contributed by atoms with E-state index in [4.69, 9.17) is 14.2 Å². The minimum Gasteiger partial charge on any atom is -0.495 e. The van der Waals surface area contributed by atoms with E-state index >= 15 is 0 Å². The molecule has 0 spiro atoms. The predicted octanol–water partition coefficient (Wildman–Crippen LogP) is 2.60. The molecule has 0 saturated heterocycles. The van der Waals surface area contributed by atoms with E-state index in [-0.39, 0.29) is 0 Å². The van der Waals surface area contributed by atoms with Crippen molar-refractivity contribution in [3.8, 4) is 17.2 Å². The summed E-state index contributed by atoms with van der Waals surface area (Å²) in [7, 11) is 1.60. The Morgan fingerprint density at radius 2 is 2.06 bits per heavy atom. The van der Waals surface area contributed by atoms with Crippen molar-refractivity contribution in [1.29, 1.82) is 0 Å². The van der Waals surface area contributed by atoms with Crippen LogP contribution in [0.1, 0.15) is 24.8 Å². The lowest BCUT2D eigenvalue weighted by Crippen LogP contribution is -2.11. The van der Waals surface area contributed by atoms with Crippen LogP contribution >= 0.6 is 15.9 Å². The zero-order valence-electron chi connectivity index (χ0n) is 10.2. The first-order valence-electron chi connectivity index (χ1n) is 6.05. The molecule has 1 saturated carbocycles. The van der Waals surface area contributed by atoms with Gasteiger partial charge in [-0.1, -0.05) is 0 Å². The van der Waals surface area contributed by atoms with Gasteiger partial charge in [0.05, 0.1) is 36.0 Å². The lowest BCUT2D eigenvalue weighted by Gasteiger charge is -2.20. The van der Waals surface area contributed by atoms with Crippen molar-refractivity contribution >= 4 is 15.9 Å². The van der Waals surface area contributed by atoms with Crippen LogP contribution < -0.4 is 14.2 Å². The number of fused-ring (bicyclic) bond motifs is 1. The fraction of sp³-hybridized carbons (Fsp3) is 0.538. The second-order valence-corrected chi connectivity index (χ2v) is 5.53. The molecule has 5 heteroatoms. The average Bonchev–Trinajstić information content (AvgIpc) is 3.11. The fourth-order valence-electron chi connectivity index (χ4n) is 2.25. The Morgan fingerprint density at radius 3 is 2.72 bits per heavy atom. The lowest BCUT2D eigenvalue weighted by molar-refractivity contribution is 0.141. The minimum absolute atomic E-state index is 0.598. The Hall–Kier alpha value is -0.940. The first-order chi connectivity index (χ1) is 8.65. The van der Waals surface area contributed by atoms with E-state index in [9.17, 15) is 5.11 Å². The Labute approximate surface area is 114 Å². The number of rotatable bonds is 2. The highest BCUT2D eigenvalue weighted by molar-refractivity contribution is 9.10. The molecule has 1 N–H and O–H groups in total. The molecular weight excluding hydrogens is 300 g/mol. The summed E-state index contributed by atoms with van der Waals surface area (Å²) in [5, 5.41) is 10.4. The van der Waals surface area contributed by atoms with Gasteiger partial charge in [0.25, 0.3) is 0 Å². The Kier molecular flexibility index (Phi) is 2.90. The first kappa shape index (κ1) is 12.1. The summed E-state index contributed by atoms with van der Waals surface area (Å²) in [5.41, 5.74) is -0.108. The maximum absolute atomic E-state index is 10.4. The zero-order valence-corrected chi connectivity index (χ0v) is 11.7. The summed E-state index contributed by atoms with van der Waals surface area (Å²) in [4.78, 5) is 0. The van der Waals surface area contributed by atoms with Crippen LogP contribution in [0.15, 0.2) is 10.5 Å². The molecule has 1 fully saturated rings. The third-order valence-corrected chi connectivity index (χ3v) is 3.93. The van der Waals surface area contributed by atoms with Gasteiger partial charge in [0.15, 0.2) is 11.5 Å². The van der Waals surface area contributed by atoms with Crippen molar-refractivity contribution in [1.82, 2.24) is 0 Å². The molecule has 1 aromatic carbocycles. The molecule has 2 aliphatic rings. The summed E-state index contributed by atoms with van der Waals surface area (Å²) >= 11 is 3.46. The molecular formula is C13H15BrO4. The smallest absolute Gasteiger partial charge is 0.171 e. The van der Waals surface area contributed by atoms with Gasteiger partial charge >= 0.3 is 0 Å². The number of aliphatic hydroxyl groups is 1. The molecule has 3 rings (SSSR count). The van der Waals surface area contributed by atoms with E-state index in [0.717, 1.165) is 29.3 Å². The number of halogens is 1. The number of benzene rings is 1. The quantitative estimate of drug-likeness (QED) is 0.911. The maximum Gasteiger partial charge on any atom is 0.171 e. The molecule has 1 aromatic rings. The fourth-order valence-corrected chi connectivity index (χ4v) is 2.82. The molecule has 1 aliphatic heterocycles. The summed E-state index contributed by atoms with van der Waals surface area (Å²) < 4.78 is 17.6. The normalized spacial score (nSPS) is 20.2. The van der Waals surface area contributed by atoms with Crippen LogP contribution in [0.4, 0.5) is 0 Å². The van der Waals surface area contributed by atoms with E-state index in [2.05, 4.69) is 15.9 Å². The predicted molar refractivity (Wildman–Crippen MR) is 69.4 cm³/mol. The number of ether oxygens (including phenoxy) is 3. The second-order valence-electron chi connectivity index (χ2n) is 4.68. The third-order valence-electron chi connectivity index (χ3n) is 3.34. The van der Waals surface area contributed by atoms with Gasteiger partial charge in [0.2, 0.25) is 0 Å². The molecule has 1 aliphatic carbocycles. The number of hydrogen-bond donors (Lipinski definition) is 1. The molecule has 4 nitrogen and oxygen atoms in total. The third kappa shape index (κ3) is 1.86. The highest BCUT2D eigenvalue weighted by Gasteiger charge is 2.48. The molecule has 18 heavy (non-hydrogen) atoms. The standard InChI is InChI=1S/C13H15BrO4/c1-16-11-8(14)7-9-12(18-6-2-5-17-9)10(11)13(15)3-4-13/h7,15H,2-6H2,1H3. The van der Waals surface area contributed by atoms with Gasteiger partial charge in [-0.15, -0.1) is 0 Å². The minimum atomic E-state index is -0.826. The van der Waals surface area contributed by atoms with E-state index in [1.165, 1.54) is 0 Å². The van der Waals surface area contributed by atoms with Crippen LogP contribution in [0.25, 0.3) is 0 Å². The summed E-state index contributed by atoms with van der Waals surface area (Å²) in [6.45, 7) is 1.23. The van der Waals surface area contributed by atoms with Crippen LogP contribution in [0.2, 0.25) is 0 Å². The van der Waals surface area contributed by atoms with Crippen molar-refractivity contribution in [3.05, 3.63) is 16.1 Å². The van der Waals surface area contributed by atoms with Gasteiger partial charge < -0.3 is 19.3 Å². The van der Waals surface area contributed by atoms with Gasteiger partial charge in [-0.2, -0.15) is 0 Å². The van der Waals surface area contributed by atoms with E-state index in [0.29, 0.717) is 30.5 Å². The average molecular weight is 315 g/mol. The van der Waals surface area contributed by atoms with Crippen molar-refractivity contribution in [3.63, 3.8) is 0 Å². The number of methoxy groups -OCH3 is 1. The summed E-state index contributed by atoms with van der Waals surface area (Å²) in [6.07, 6.45) is 2.30. The van der Waals surface area contributed by atoms with Gasteiger partial charge in [0, 0.05) is 12.5 Å². The largest absolute Gasteiger partial charge is 0.495 e. The van der Waals surface area contributed by atoms with Gasteiger partial charge in [-0.25, -0.2) is 0 Å². The lowest BCUT2D eigenvalue weighted by atomic mass is 10.0.